The van der Waals surface area contributed by atoms with E-state index < -0.39 is 0 Å². The summed E-state index contributed by atoms with van der Waals surface area (Å²) in [6, 6.07) is 5.24. The fourth-order valence-electron chi connectivity index (χ4n) is 2.83. The van der Waals surface area contributed by atoms with Crippen molar-refractivity contribution in [1.29, 1.82) is 0 Å². The number of piperidine rings is 1. The lowest BCUT2D eigenvalue weighted by atomic mass is 10.0. The van der Waals surface area contributed by atoms with Gasteiger partial charge in [-0.25, -0.2) is 0 Å². The van der Waals surface area contributed by atoms with E-state index >= 15 is 0 Å². The van der Waals surface area contributed by atoms with Gasteiger partial charge in [-0.1, -0.05) is 12.5 Å². The van der Waals surface area contributed by atoms with Gasteiger partial charge in [-0.15, -0.1) is 0 Å². The zero-order valence-corrected chi connectivity index (χ0v) is 10.7. The van der Waals surface area contributed by atoms with Gasteiger partial charge in [0.05, 0.1) is 11.1 Å². The molecule has 0 aromatic heterocycles. The summed E-state index contributed by atoms with van der Waals surface area (Å²) in [7, 11) is 0. The summed E-state index contributed by atoms with van der Waals surface area (Å²) in [6.45, 7) is 1.39. The molecule has 1 saturated heterocycles. The van der Waals surface area contributed by atoms with Crippen molar-refractivity contribution in [3.63, 3.8) is 0 Å². The molecular weight excluding hydrogens is 242 g/mol. The van der Waals surface area contributed by atoms with E-state index in [-0.39, 0.29) is 17.9 Å². The zero-order chi connectivity index (χ0) is 13.4. The van der Waals surface area contributed by atoms with Crippen LogP contribution in [0.1, 0.15) is 40.0 Å². The first-order valence-electron chi connectivity index (χ1n) is 6.66. The first-order chi connectivity index (χ1) is 9.18. The molecule has 19 heavy (non-hydrogen) atoms. The number of amides is 2. The van der Waals surface area contributed by atoms with Gasteiger partial charge in [0, 0.05) is 18.3 Å². The van der Waals surface area contributed by atoms with E-state index in [1.54, 1.807) is 18.2 Å². The maximum Gasteiger partial charge on any atom is 0.263 e. The number of benzene rings is 1. The predicted octanol–water partition coefficient (Wildman–Crippen LogP) is 1.01. The van der Waals surface area contributed by atoms with E-state index in [4.69, 9.17) is 5.73 Å². The molecule has 1 fully saturated rings. The highest BCUT2D eigenvalue weighted by molar-refractivity contribution is 6.23. The van der Waals surface area contributed by atoms with Gasteiger partial charge in [-0.05, 0) is 31.5 Å². The van der Waals surface area contributed by atoms with Crippen LogP contribution in [0.3, 0.4) is 0 Å². The van der Waals surface area contributed by atoms with Crippen LogP contribution < -0.4 is 11.1 Å². The van der Waals surface area contributed by atoms with Crippen molar-refractivity contribution in [3.8, 4) is 0 Å². The average Bonchev–Trinajstić information content (AvgIpc) is 2.66. The van der Waals surface area contributed by atoms with Crippen LogP contribution >= 0.6 is 0 Å². The second-order valence-corrected chi connectivity index (χ2v) is 5.14. The molecule has 0 spiro atoms. The molecule has 0 radical (unpaired) electrons. The number of hydrogen-bond acceptors (Lipinski definition) is 4. The van der Waals surface area contributed by atoms with Crippen molar-refractivity contribution >= 4 is 17.5 Å². The summed E-state index contributed by atoms with van der Waals surface area (Å²) >= 11 is 0. The number of nitrogens with one attached hydrogen (secondary N) is 1. The number of nitrogens with zero attached hydrogens (tertiary/aromatic N) is 1. The monoisotopic (exact) mass is 259 g/mol. The molecule has 2 amide bonds. The topological polar surface area (TPSA) is 75.4 Å². The molecule has 5 heteroatoms. The Balaban J connectivity index is 1.84. The number of imide groups is 1. The molecule has 0 aliphatic carbocycles. The summed E-state index contributed by atoms with van der Waals surface area (Å²) in [5.41, 5.74) is 6.98. The number of carbonyl (C=O) groups is 2. The lowest BCUT2D eigenvalue weighted by Crippen LogP contribution is -2.45. The Morgan fingerprint density at radius 2 is 2.11 bits per heavy atom. The van der Waals surface area contributed by atoms with Gasteiger partial charge in [0.2, 0.25) is 0 Å². The van der Waals surface area contributed by atoms with Crippen LogP contribution in [0.15, 0.2) is 18.2 Å². The maximum absolute atomic E-state index is 12.3. The number of nitrogen functional groups attached to an aromatic ring is 1. The Kier molecular flexibility index (Phi) is 2.98. The van der Waals surface area contributed by atoms with Crippen LogP contribution in [0.4, 0.5) is 5.69 Å². The first kappa shape index (κ1) is 12.2. The van der Waals surface area contributed by atoms with Crippen molar-refractivity contribution in [1.82, 2.24) is 10.2 Å². The van der Waals surface area contributed by atoms with E-state index in [1.165, 1.54) is 4.90 Å². The molecule has 0 saturated carbocycles. The minimum Gasteiger partial charge on any atom is -0.398 e. The number of hydrogen-bond donors (Lipinski definition) is 2. The van der Waals surface area contributed by atoms with Gasteiger partial charge in [-0.3, -0.25) is 14.5 Å². The highest BCUT2D eigenvalue weighted by Crippen LogP contribution is 2.28. The molecule has 5 nitrogen and oxygen atoms in total. The van der Waals surface area contributed by atoms with E-state index in [1.807, 2.05) is 0 Å². The van der Waals surface area contributed by atoms with Gasteiger partial charge in [0.25, 0.3) is 11.8 Å². The lowest BCUT2D eigenvalue weighted by Gasteiger charge is -2.27. The molecule has 0 bridgehead atoms. The predicted molar refractivity (Wildman–Crippen MR) is 71.9 cm³/mol. The quantitative estimate of drug-likeness (QED) is 0.614. The van der Waals surface area contributed by atoms with Crippen molar-refractivity contribution in [2.75, 3.05) is 18.8 Å². The fraction of sp³-hybridized carbons (Fsp3) is 0.429. The van der Waals surface area contributed by atoms with Crippen molar-refractivity contribution < 1.29 is 9.59 Å². The lowest BCUT2D eigenvalue weighted by molar-refractivity contribution is 0.0633. The molecule has 1 aromatic rings. The van der Waals surface area contributed by atoms with E-state index in [0.717, 1.165) is 25.8 Å². The van der Waals surface area contributed by atoms with E-state index in [2.05, 4.69) is 5.32 Å². The largest absolute Gasteiger partial charge is 0.398 e. The molecular formula is C14H17N3O2. The molecule has 1 unspecified atom stereocenters. The summed E-state index contributed by atoms with van der Waals surface area (Å²) in [6.07, 6.45) is 3.30. The molecule has 2 heterocycles. The Morgan fingerprint density at radius 1 is 1.26 bits per heavy atom. The molecule has 1 aromatic carbocycles. The summed E-state index contributed by atoms with van der Waals surface area (Å²) < 4.78 is 0. The van der Waals surface area contributed by atoms with Crippen LogP contribution in [-0.4, -0.2) is 35.8 Å². The highest BCUT2D eigenvalue weighted by Gasteiger charge is 2.38. The first-order valence-corrected chi connectivity index (χ1v) is 6.66. The number of anilines is 1. The van der Waals surface area contributed by atoms with E-state index in [9.17, 15) is 9.59 Å². The van der Waals surface area contributed by atoms with Crippen molar-refractivity contribution in [3.05, 3.63) is 29.3 Å². The van der Waals surface area contributed by atoms with Crippen molar-refractivity contribution in [2.45, 2.75) is 25.3 Å². The highest BCUT2D eigenvalue weighted by atomic mass is 16.2. The number of carbonyl (C=O) groups excluding carboxylic acids is 2. The normalized spacial score (nSPS) is 22.7. The second-order valence-electron chi connectivity index (χ2n) is 5.14. The number of rotatable bonds is 2. The Hall–Kier alpha value is -1.88. The number of fused-ring (bicyclic) bond motifs is 1. The van der Waals surface area contributed by atoms with Gasteiger partial charge in [0.1, 0.15) is 0 Å². The van der Waals surface area contributed by atoms with E-state index in [0.29, 0.717) is 23.4 Å². The zero-order valence-electron chi connectivity index (χ0n) is 10.7. The molecule has 100 valence electrons. The van der Waals surface area contributed by atoms with Gasteiger partial charge < -0.3 is 11.1 Å². The van der Waals surface area contributed by atoms with Crippen LogP contribution in [0.5, 0.6) is 0 Å². The Labute approximate surface area is 111 Å². The molecule has 1 atom stereocenters. The third kappa shape index (κ3) is 2.00. The smallest absolute Gasteiger partial charge is 0.263 e. The molecule has 2 aliphatic rings. The van der Waals surface area contributed by atoms with Crippen molar-refractivity contribution in [2.24, 2.45) is 0 Å². The standard InChI is InChI=1S/C14H17N3O2/c15-11-6-3-5-10-12(11)14(19)17(13(10)18)8-9-4-1-2-7-16-9/h3,5-6,9,16H,1-2,4,7-8,15H2. The third-order valence-electron chi connectivity index (χ3n) is 3.85. The Morgan fingerprint density at radius 3 is 2.79 bits per heavy atom. The van der Waals surface area contributed by atoms with Crippen LogP contribution in [0.2, 0.25) is 0 Å². The molecule has 3 N–H and O–H groups in total. The van der Waals surface area contributed by atoms with Gasteiger partial charge >= 0.3 is 0 Å². The maximum atomic E-state index is 12.3. The fourth-order valence-corrected chi connectivity index (χ4v) is 2.83. The summed E-state index contributed by atoms with van der Waals surface area (Å²) in [4.78, 5) is 25.9. The Bertz CT molecular complexity index is 535. The SMILES string of the molecule is Nc1cccc2c1C(=O)N(CC1CCCCN1)C2=O. The van der Waals surface area contributed by atoms with Crippen LogP contribution in [0.25, 0.3) is 0 Å². The summed E-state index contributed by atoms with van der Waals surface area (Å²) in [5, 5.41) is 3.35. The summed E-state index contributed by atoms with van der Waals surface area (Å²) in [5.74, 6) is -0.481. The van der Waals surface area contributed by atoms with Crippen LogP contribution in [0, 0.1) is 0 Å². The van der Waals surface area contributed by atoms with Gasteiger partial charge in [0.15, 0.2) is 0 Å². The molecule has 3 rings (SSSR count). The van der Waals surface area contributed by atoms with Gasteiger partial charge in [-0.2, -0.15) is 0 Å². The average molecular weight is 259 g/mol. The molecule has 2 aliphatic heterocycles. The number of nitrogens with two attached hydrogens (primary N) is 1. The second kappa shape index (κ2) is 4.66. The minimum atomic E-state index is -0.259. The van der Waals surface area contributed by atoms with Crippen LogP contribution in [-0.2, 0) is 0 Å². The minimum absolute atomic E-state index is 0.206. The third-order valence-corrected chi connectivity index (χ3v) is 3.85.